The van der Waals surface area contributed by atoms with Gasteiger partial charge in [0.25, 0.3) is 5.91 Å². The summed E-state index contributed by atoms with van der Waals surface area (Å²) in [6, 6.07) is 8.27. The molecule has 1 saturated carbocycles. The van der Waals surface area contributed by atoms with Gasteiger partial charge in [-0.3, -0.25) is 4.79 Å². The summed E-state index contributed by atoms with van der Waals surface area (Å²) in [4.78, 5) is 14.7. The molecule has 3 atom stereocenters. The van der Waals surface area contributed by atoms with Gasteiger partial charge in [0.05, 0.1) is 6.10 Å². The van der Waals surface area contributed by atoms with Gasteiger partial charge in [-0.2, -0.15) is 0 Å². The molecule has 0 radical (unpaired) electrons. The summed E-state index contributed by atoms with van der Waals surface area (Å²) in [6.45, 7) is 7.89. The number of ether oxygens (including phenoxy) is 1. The Bertz CT molecular complexity index is 569. The van der Waals surface area contributed by atoms with Gasteiger partial charge in [-0.05, 0) is 55.1 Å². The van der Waals surface area contributed by atoms with Gasteiger partial charge >= 0.3 is 0 Å². The van der Waals surface area contributed by atoms with E-state index >= 15 is 0 Å². The monoisotopic (exact) mass is 329 g/mol. The fourth-order valence-electron chi connectivity index (χ4n) is 4.36. The molecule has 24 heavy (non-hydrogen) atoms. The maximum absolute atomic E-state index is 12.8. The average molecular weight is 329 g/mol. The fourth-order valence-corrected chi connectivity index (χ4v) is 4.36. The average Bonchev–Trinajstić information content (AvgIpc) is 2.59. The molecule has 2 aliphatic rings. The fraction of sp³-hybridized carbons (Fsp3) is 0.667. The van der Waals surface area contributed by atoms with Crippen molar-refractivity contribution in [3.8, 4) is 0 Å². The topological polar surface area (TPSA) is 29.5 Å². The first-order valence-electron chi connectivity index (χ1n) is 9.56. The number of hydrogen-bond acceptors (Lipinski definition) is 2. The second kappa shape index (κ2) is 7.69. The third kappa shape index (κ3) is 3.83. The van der Waals surface area contributed by atoms with E-state index in [1.165, 1.54) is 18.4 Å². The summed E-state index contributed by atoms with van der Waals surface area (Å²) in [7, 11) is 0. The lowest BCUT2D eigenvalue weighted by Gasteiger charge is -2.37. The molecule has 0 spiro atoms. The summed E-state index contributed by atoms with van der Waals surface area (Å²) in [5.74, 6) is 2.02. The highest BCUT2D eigenvalue weighted by atomic mass is 16.5. The maximum Gasteiger partial charge on any atom is 0.252 e. The molecule has 0 unspecified atom stereocenters. The predicted molar refractivity (Wildman–Crippen MR) is 98.2 cm³/mol. The van der Waals surface area contributed by atoms with Gasteiger partial charge in [0.15, 0.2) is 0 Å². The Morgan fingerprint density at radius 1 is 1.29 bits per heavy atom. The molecular formula is C21H31NO2. The molecule has 1 fully saturated rings. The van der Waals surface area contributed by atoms with Crippen LogP contribution in [-0.4, -0.2) is 25.2 Å². The number of anilines is 1. The first kappa shape index (κ1) is 17.5. The van der Waals surface area contributed by atoms with E-state index in [1.54, 1.807) is 0 Å². The van der Waals surface area contributed by atoms with Crippen molar-refractivity contribution in [2.24, 2.45) is 17.8 Å². The molecule has 3 nitrogen and oxygen atoms in total. The van der Waals surface area contributed by atoms with Crippen LogP contribution in [0, 0.1) is 17.8 Å². The molecule has 3 heteroatoms. The normalized spacial score (nSPS) is 27.2. The third-order valence-corrected chi connectivity index (χ3v) is 5.79. The van der Waals surface area contributed by atoms with Gasteiger partial charge in [-0.1, -0.05) is 45.4 Å². The molecule has 1 aromatic carbocycles. The highest BCUT2D eigenvalue weighted by Crippen LogP contribution is 2.35. The number of aryl methyl sites for hydroxylation is 1. The number of nitrogens with zero attached hydrogens (tertiary/aromatic N) is 1. The number of carbonyl (C=O) groups is 1. The van der Waals surface area contributed by atoms with Crippen molar-refractivity contribution in [2.45, 2.75) is 59.0 Å². The standard InChI is InChI=1S/C21H31NO2/c1-15(2)18-11-10-16(3)13-20(18)24-14-21(23)22-12-6-8-17-7-4-5-9-19(17)22/h4-5,7,9,15-16,18,20H,6,8,10-14H2,1-3H3/t16-,18+,20-/m1/s1. The summed E-state index contributed by atoms with van der Waals surface area (Å²) in [5.41, 5.74) is 2.36. The molecule has 0 N–H and O–H groups in total. The van der Waals surface area contributed by atoms with Crippen LogP contribution in [0.15, 0.2) is 24.3 Å². The molecule has 0 saturated heterocycles. The second-order valence-corrected chi connectivity index (χ2v) is 7.95. The lowest BCUT2D eigenvalue weighted by atomic mass is 9.75. The summed E-state index contributed by atoms with van der Waals surface area (Å²) >= 11 is 0. The van der Waals surface area contributed by atoms with E-state index in [4.69, 9.17) is 4.74 Å². The van der Waals surface area contributed by atoms with E-state index in [0.717, 1.165) is 31.5 Å². The molecule has 1 aromatic rings. The summed E-state index contributed by atoms with van der Waals surface area (Å²) in [5, 5.41) is 0. The molecule has 1 aliphatic heterocycles. The minimum absolute atomic E-state index is 0.114. The van der Waals surface area contributed by atoms with Gasteiger partial charge in [-0.15, -0.1) is 0 Å². The van der Waals surface area contributed by atoms with Crippen LogP contribution in [-0.2, 0) is 16.0 Å². The Balaban J connectivity index is 1.63. The van der Waals surface area contributed by atoms with Crippen LogP contribution in [0.1, 0.15) is 52.0 Å². The van der Waals surface area contributed by atoms with Crippen molar-refractivity contribution in [1.82, 2.24) is 0 Å². The number of hydrogen-bond donors (Lipinski definition) is 0. The largest absolute Gasteiger partial charge is 0.368 e. The van der Waals surface area contributed by atoms with E-state index in [9.17, 15) is 4.79 Å². The van der Waals surface area contributed by atoms with Crippen LogP contribution in [0.4, 0.5) is 5.69 Å². The van der Waals surface area contributed by atoms with E-state index < -0.39 is 0 Å². The number of benzene rings is 1. The van der Waals surface area contributed by atoms with Crippen LogP contribution >= 0.6 is 0 Å². The van der Waals surface area contributed by atoms with Crippen LogP contribution in [0.5, 0.6) is 0 Å². The lowest BCUT2D eigenvalue weighted by molar-refractivity contribution is -0.128. The first-order valence-corrected chi connectivity index (χ1v) is 9.56. The second-order valence-electron chi connectivity index (χ2n) is 7.95. The number of fused-ring (bicyclic) bond motifs is 1. The zero-order valence-corrected chi connectivity index (χ0v) is 15.3. The minimum atomic E-state index is 0.114. The van der Waals surface area contributed by atoms with Crippen LogP contribution in [0.3, 0.4) is 0 Å². The highest BCUT2D eigenvalue weighted by Gasteiger charge is 2.32. The van der Waals surface area contributed by atoms with Gasteiger partial charge in [0, 0.05) is 12.2 Å². The van der Waals surface area contributed by atoms with Crippen LogP contribution < -0.4 is 4.90 Å². The Hall–Kier alpha value is -1.35. The number of rotatable bonds is 4. The molecule has 0 bridgehead atoms. The predicted octanol–water partition coefficient (Wildman–Crippen LogP) is 4.44. The maximum atomic E-state index is 12.8. The molecular weight excluding hydrogens is 298 g/mol. The Labute approximate surface area is 146 Å². The third-order valence-electron chi connectivity index (χ3n) is 5.79. The Morgan fingerprint density at radius 2 is 2.08 bits per heavy atom. The van der Waals surface area contributed by atoms with E-state index in [-0.39, 0.29) is 18.6 Å². The van der Waals surface area contributed by atoms with Crippen LogP contribution in [0.25, 0.3) is 0 Å². The van der Waals surface area contributed by atoms with E-state index in [1.807, 2.05) is 11.0 Å². The Morgan fingerprint density at radius 3 is 2.88 bits per heavy atom. The van der Waals surface area contributed by atoms with E-state index in [0.29, 0.717) is 17.8 Å². The number of para-hydroxylation sites is 1. The zero-order valence-electron chi connectivity index (χ0n) is 15.3. The van der Waals surface area contributed by atoms with Crippen molar-refractivity contribution >= 4 is 11.6 Å². The minimum Gasteiger partial charge on any atom is -0.368 e. The van der Waals surface area contributed by atoms with Crippen molar-refractivity contribution in [3.05, 3.63) is 29.8 Å². The summed E-state index contributed by atoms with van der Waals surface area (Å²) < 4.78 is 6.17. The van der Waals surface area contributed by atoms with Crippen LogP contribution in [0.2, 0.25) is 0 Å². The SMILES string of the molecule is CC(C)[C@@H]1CC[C@@H](C)C[C@H]1OCC(=O)N1CCCc2ccccc21. The summed E-state index contributed by atoms with van der Waals surface area (Å²) in [6.07, 6.45) is 5.94. The molecule has 1 amide bonds. The van der Waals surface area contributed by atoms with Gasteiger partial charge < -0.3 is 9.64 Å². The molecule has 132 valence electrons. The molecule has 1 aliphatic carbocycles. The smallest absolute Gasteiger partial charge is 0.252 e. The molecule has 0 aromatic heterocycles. The highest BCUT2D eigenvalue weighted by molar-refractivity contribution is 5.95. The van der Waals surface area contributed by atoms with Crippen molar-refractivity contribution < 1.29 is 9.53 Å². The van der Waals surface area contributed by atoms with E-state index in [2.05, 4.69) is 39.0 Å². The Kier molecular flexibility index (Phi) is 5.60. The lowest BCUT2D eigenvalue weighted by Crippen LogP contribution is -2.41. The van der Waals surface area contributed by atoms with Gasteiger partial charge in [0.1, 0.15) is 6.61 Å². The quantitative estimate of drug-likeness (QED) is 0.817. The number of carbonyl (C=O) groups excluding carboxylic acids is 1. The van der Waals surface area contributed by atoms with Crippen molar-refractivity contribution in [3.63, 3.8) is 0 Å². The molecule has 3 rings (SSSR count). The molecule has 1 heterocycles. The zero-order chi connectivity index (χ0) is 17.1. The van der Waals surface area contributed by atoms with Crippen molar-refractivity contribution in [2.75, 3.05) is 18.1 Å². The van der Waals surface area contributed by atoms with Crippen molar-refractivity contribution in [1.29, 1.82) is 0 Å². The van der Waals surface area contributed by atoms with Gasteiger partial charge in [-0.25, -0.2) is 0 Å². The first-order chi connectivity index (χ1) is 11.6. The number of amides is 1. The van der Waals surface area contributed by atoms with Gasteiger partial charge in [0.2, 0.25) is 0 Å².